The monoisotopic (exact) mass is 407 g/mol. The van der Waals surface area contributed by atoms with Crippen LogP contribution in [0.5, 0.6) is 5.75 Å². The number of benzene rings is 2. The molecule has 150 valence electrons. The minimum absolute atomic E-state index is 0.0614. The van der Waals surface area contributed by atoms with Gasteiger partial charge in [-0.25, -0.2) is 4.79 Å². The molecule has 11 heteroatoms. The third-order valence-corrected chi connectivity index (χ3v) is 3.16. The fraction of sp³-hybridized carbons (Fsp3) is 0.176. The topological polar surface area (TPSA) is 64.6 Å². The molecule has 0 saturated heterocycles. The zero-order chi connectivity index (χ0) is 20.9. The Morgan fingerprint density at radius 2 is 1.50 bits per heavy atom. The summed E-state index contributed by atoms with van der Waals surface area (Å²) >= 11 is 0. The maximum Gasteiger partial charge on any atom is 0.573 e. The summed E-state index contributed by atoms with van der Waals surface area (Å²) in [6.45, 7) is -0.897. The first kappa shape index (κ1) is 21.1. The van der Waals surface area contributed by atoms with Gasteiger partial charge in [-0.2, -0.15) is 13.2 Å². The largest absolute Gasteiger partial charge is 0.573 e. The Bertz CT molecular complexity index is 846. The number of hydrogen-bond acceptors (Lipinski definition) is 4. The quantitative estimate of drug-likeness (QED) is 0.590. The zero-order valence-electron chi connectivity index (χ0n) is 13.7. The van der Waals surface area contributed by atoms with Crippen molar-refractivity contribution < 1.29 is 45.4 Å². The number of esters is 1. The van der Waals surface area contributed by atoms with Crippen LogP contribution in [0.2, 0.25) is 0 Å². The van der Waals surface area contributed by atoms with Crippen LogP contribution >= 0.6 is 0 Å². The lowest BCUT2D eigenvalue weighted by Crippen LogP contribution is -2.22. The lowest BCUT2D eigenvalue weighted by Gasteiger charge is -2.12. The highest BCUT2D eigenvalue weighted by molar-refractivity contribution is 5.96. The summed E-state index contributed by atoms with van der Waals surface area (Å²) in [6.07, 6.45) is -9.65. The lowest BCUT2D eigenvalue weighted by atomic mass is 10.1. The van der Waals surface area contributed by atoms with Crippen LogP contribution in [0.1, 0.15) is 15.9 Å². The Hall–Kier alpha value is -3.24. The van der Waals surface area contributed by atoms with Crippen LogP contribution in [0.3, 0.4) is 0 Å². The third kappa shape index (κ3) is 6.18. The minimum Gasteiger partial charge on any atom is -0.452 e. The van der Waals surface area contributed by atoms with Gasteiger partial charge in [0.15, 0.2) is 6.61 Å². The molecule has 0 radical (unpaired) electrons. The zero-order valence-corrected chi connectivity index (χ0v) is 13.7. The predicted molar refractivity (Wildman–Crippen MR) is 83.5 cm³/mol. The summed E-state index contributed by atoms with van der Waals surface area (Å²) < 4.78 is 83.0. The van der Waals surface area contributed by atoms with E-state index in [1.807, 2.05) is 0 Å². The molecule has 0 aliphatic carbocycles. The number of ether oxygens (including phenoxy) is 2. The normalized spacial score (nSPS) is 11.6. The fourth-order valence-corrected chi connectivity index (χ4v) is 2.05. The van der Waals surface area contributed by atoms with Crippen molar-refractivity contribution in [2.45, 2.75) is 12.5 Å². The maximum absolute atomic E-state index is 12.9. The summed E-state index contributed by atoms with van der Waals surface area (Å²) in [6, 6.07) is 7.97. The number of anilines is 1. The summed E-state index contributed by atoms with van der Waals surface area (Å²) in [5.74, 6) is -2.76. The molecule has 0 aliphatic rings. The van der Waals surface area contributed by atoms with Crippen LogP contribution in [0.4, 0.5) is 32.0 Å². The van der Waals surface area contributed by atoms with E-state index in [-0.39, 0.29) is 5.69 Å². The second kappa shape index (κ2) is 8.19. The minimum atomic E-state index is -4.87. The Labute approximate surface area is 153 Å². The van der Waals surface area contributed by atoms with Crippen molar-refractivity contribution in [1.29, 1.82) is 0 Å². The van der Waals surface area contributed by atoms with Crippen LogP contribution in [-0.2, 0) is 15.7 Å². The van der Waals surface area contributed by atoms with Gasteiger partial charge in [-0.1, -0.05) is 12.1 Å². The molecule has 28 heavy (non-hydrogen) atoms. The first-order valence-electron chi connectivity index (χ1n) is 7.45. The van der Waals surface area contributed by atoms with Gasteiger partial charge in [-0.3, -0.25) is 4.79 Å². The molecule has 0 aromatic heterocycles. The highest BCUT2D eigenvalue weighted by Gasteiger charge is 2.35. The molecule has 0 atom stereocenters. The van der Waals surface area contributed by atoms with Gasteiger partial charge in [0, 0.05) is 5.69 Å². The Morgan fingerprint density at radius 3 is 2.07 bits per heavy atom. The van der Waals surface area contributed by atoms with Crippen molar-refractivity contribution in [3.8, 4) is 5.75 Å². The highest BCUT2D eigenvalue weighted by atomic mass is 19.4. The Balaban J connectivity index is 1.93. The molecule has 0 aliphatic heterocycles. The van der Waals surface area contributed by atoms with Crippen molar-refractivity contribution in [2.75, 3.05) is 11.9 Å². The van der Waals surface area contributed by atoms with Crippen molar-refractivity contribution in [1.82, 2.24) is 0 Å². The van der Waals surface area contributed by atoms with E-state index in [9.17, 15) is 35.9 Å². The Morgan fingerprint density at radius 1 is 0.893 bits per heavy atom. The molecule has 0 bridgehead atoms. The van der Waals surface area contributed by atoms with E-state index in [4.69, 9.17) is 0 Å². The van der Waals surface area contributed by atoms with Gasteiger partial charge in [0.1, 0.15) is 5.75 Å². The van der Waals surface area contributed by atoms with Crippen LogP contribution in [0.15, 0.2) is 48.5 Å². The van der Waals surface area contributed by atoms with Gasteiger partial charge >= 0.3 is 18.5 Å². The average Bonchev–Trinajstić information content (AvgIpc) is 2.59. The van der Waals surface area contributed by atoms with Crippen molar-refractivity contribution in [2.24, 2.45) is 0 Å². The second-order valence-corrected chi connectivity index (χ2v) is 5.24. The maximum atomic E-state index is 12.9. The van der Waals surface area contributed by atoms with E-state index in [0.29, 0.717) is 6.07 Å². The van der Waals surface area contributed by atoms with Gasteiger partial charge in [-0.05, 0) is 36.4 Å². The third-order valence-electron chi connectivity index (χ3n) is 3.16. The number of carbonyl (C=O) groups is 2. The van der Waals surface area contributed by atoms with Gasteiger partial charge in [0.05, 0.1) is 11.1 Å². The molecular weight excluding hydrogens is 396 g/mol. The molecule has 0 fully saturated rings. The number of halogens is 6. The molecule has 1 amide bonds. The molecule has 2 aromatic rings. The van der Waals surface area contributed by atoms with E-state index in [2.05, 4.69) is 14.8 Å². The Kier molecular flexibility index (Phi) is 6.16. The molecule has 2 aromatic carbocycles. The number of alkyl halides is 6. The van der Waals surface area contributed by atoms with E-state index < -0.39 is 47.9 Å². The number of amides is 1. The number of hydrogen-bond donors (Lipinski definition) is 1. The van der Waals surface area contributed by atoms with Crippen molar-refractivity contribution >= 4 is 17.6 Å². The predicted octanol–water partition coefficient (Wildman–Crippen LogP) is 4.40. The van der Waals surface area contributed by atoms with Crippen molar-refractivity contribution in [3.05, 3.63) is 59.7 Å². The second-order valence-electron chi connectivity index (χ2n) is 5.24. The van der Waals surface area contributed by atoms with E-state index >= 15 is 0 Å². The molecule has 0 spiro atoms. The lowest BCUT2D eigenvalue weighted by molar-refractivity contribution is -0.274. The van der Waals surface area contributed by atoms with Gasteiger partial charge in [0.2, 0.25) is 0 Å². The average molecular weight is 407 g/mol. The van der Waals surface area contributed by atoms with E-state index in [0.717, 1.165) is 36.4 Å². The molecule has 0 unspecified atom stereocenters. The van der Waals surface area contributed by atoms with E-state index in [1.54, 1.807) is 0 Å². The number of nitrogens with one attached hydrogen (secondary N) is 1. The molecule has 0 heterocycles. The molecule has 2 rings (SSSR count). The number of rotatable bonds is 5. The van der Waals surface area contributed by atoms with E-state index in [1.165, 1.54) is 6.07 Å². The SMILES string of the molecule is O=C(COC(=O)c1ccccc1C(F)(F)F)Nc1ccc(OC(F)(F)F)cc1. The first-order chi connectivity index (χ1) is 13.0. The summed E-state index contributed by atoms with van der Waals surface area (Å²) in [5.41, 5.74) is -1.90. The molecule has 5 nitrogen and oxygen atoms in total. The molecular formula is C17H11F6NO4. The fourth-order valence-electron chi connectivity index (χ4n) is 2.05. The summed E-state index contributed by atoms with van der Waals surface area (Å²) in [4.78, 5) is 23.5. The van der Waals surface area contributed by atoms with Gasteiger partial charge in [0.25, 0.3) is 5.91 Å². The summed E-state index contributed by atoms with van der Waals surface area (Å²) in [7, 11) is 0. The molecule has 1 N–H and O–H groups in total. The molecule has 0 saturated carbocycles. The van der Waals surface area contributed by atoms with Crippen LogP contribution in [0.25, 0.3) is 0 Å². The smallest absolute Gasteiger partial charge is 0.452 e. The highest BCUT2D eigenvalue weighted by Crippen LogP contribution is 2.32. The summed E-state index contributed by atoms with van der Waals surface area (Å²) in [5, 5.41) is 2.21. The van der Waals surface area contributed by atoms with Crippen LogP contribution in [0, 0.1) is 0 Å². The van der Waals surface area contributed by atoms with Gasteiger partial charge < -0.3 is 14.8 Å². The van der Waals surface area contributed by atoms with Crippen LogP contribution in [-0.4, -0.2) is 24.8 Å². The van der Waals surface area contributed by atoms with Crippen molar-refractivity contribution in [3.63, 3.8) is 0 Å². The number of carbonyl (C=O) groups excluding carboxylic acids is 2. The van der Waals surface area contributed by atoms with Crippen LogP contribution < -0.4 is 10.1 Å². The standard InChI is InChI=1S/C17H11F6NO4/c18-16(19,20)13-4-2-1-3-12(13)15(26)27-9-14(25)24-10-5-7-11(8-6-10)28-17(21,22)23/h1-8H,9H2,(H,24,25). The van der Waals surface area contributed by atoms with Gasteiger partial charge in [-0.15, -0.1) is 13.2 Å². The first-order valence-corrected chi connectivity index (χ1v) is 7.45.